The zero-order valence-corrected chi connectivity index (χ0v) is 15.9. The van der Waals surface area contributed by atoms with Crippen molar-refractivity contribution in [3.8, 4) is 0 Å². The average Bonchev–Trinajstić information content (AvgIpc) is 2.65. The number of anilines is 1. The third-order valence-electron chi connectivity index (χ3n) is 3.59. The van der Waals surface area contributed by atoms with Crippen molar-refractivity contribution in [2.75, 3.05) is 30.3 Å². The van der Waals surface area contributed by atoms with Crippen LogP contribution in [0.5, 0.6) is 0 Å². The van der Waals surface area contributed by atoms with E-state index in [0.29, 0.717) is 5.56 Å². The number of carbonyl (C=O) groups is 2. The number of pyridine rings is 1. The lowest BCUT2D eigenvalue weighted by Crippen LogP contribution is -2.39. The van der Waals surface area contributed by atoms with Crippen LogP contribution in [0.25, 0.3) is 0 Å². The van der Waals surface area contributed by atoms with E-state index in [-0.39, 0.29) is 36.9 Å². The van der Waals surface area contributed by atoms with Crippen LogP contribution in [0.4, 0.5) is 5.69 Å². The molecule has 2 rings (SSSR count). The normalized spacial score (nSPS) is 10.9. The molecule has 0 radical (unpaired) electrons. The minimum atomic E-state index is -3.69. The predicted molar refractivity (Wildman–Crippen MR) is 101 cm³/mol. The number of aromatic nitrogens is 1. The van der Waals surface area contributed by atoms with Crippen LogP contribution in [-0.2, 0) is 14.8 Å². The van der Waals surface area contributed by atoms with Gasteiger partial charge in [0, 0.05) is 18.9 Å². The van der Waals surface area contributed by atoms with Gasteiger partial charge in [-0.2, -0.15) is 0 Å². The Bertz CT molecular complexity index is 900. The number of rotatable bonds is 8. The van der Waals surface area contributed by atoms with Crippen molar-refractivity contribution in [3.05, 3.63) is 59.9 Å². The number of ether oxygens (including phenoxy) is 1. The van der Waals surface area contributed by atoms with Gasteiger partial charge in [0.05, 0.1) is 36.2 Å². The number of nitrogens with one attached hydrogen (secondary N) is 1. The molecule has 0 saturated heterocycles. The van der Waals surface area contributed by atoms with Crippen molar-refractivity contribution >= 4 is 27.6 Å². The summed E-state index contributed by atoms with van der Waals surface area (Å²) in [4.78, 5) is 28.1. The number of benzene rings is 1. The summed E-state index contributed by atoms with van der Waals surface area (Å²) >= 11 is 0. The van der Waals surface area contributed by atoms with Gasteiger partial charge >= 0.3 is 5.97 Å². The SMILES string of the molecule is CCOC(=O)c1ccccc1N(CCNC(=O)c1cccnc1)S(C)(=O)=O. The zero-order valence-electron chi connectivity index (χ0n) is 15.1. The van der Waals surface area contributed by atoms with Crippen LogP contribution in [-0.4, -0.2) is 51.2 Å². The monoisotopic (exact) mass is 391 g/mol. The molecular weight excluding hydrogens is 370 g/mol. The molecule has 0 bridgehead atoms. The number of carbonyl (C=O) groups excluding carboxylic acids is 2. The molecule has 8 nitrogen and oxygen atoms in total. The molecular formula is C18H21N3O5S. The van der Waals surface area contributed by atoms with Crippen molar-refractivity contribution in [3.63, 3.8) is 0 Å². The highest BCUT2D eigenvalue weighted by atomic mass is 32.2. The van der Waals surface area contributed by atoms with Crippen LogP contribution >= 0.6 is 0 Å². The first-order valence-electron chi connectivity index (χ1n) is 8.26. The maximum Gasteiger partial charge on any atom is 0.340 e. The van der Waals surface area contributed by atoms with E-state index in [1.807, 2.05) is 0 Å². The van der Waals surface area contributed by atoms with Gasteiger partial charge < -0.3 is 10.1 Å². The highest BCUT2D eigenvalue weighted by Gasteiger charge is 2.23. The zero-order chi connectivity index (χ0) is 19.9. The van der Waals surface area contributed by atoms with Gasteiger partial charge in [0.2, 0.25) is 10.0 Å². The van der Waals surface area contributed by atoms with Crippen molar-refractivity contribution < 1.29 is 22.7 Å². The number of nitrogens with zero attached hydrogens (tertiary/aromatic N) is 2. The topological polar surface area (TPSA) is 106 Å². The average molecular weight is 391 g/mol. The van der Waals surface area contributed by atoms with E-state index in [4.69, 9.17) is 4.74 Å². The summed E-state index contributed by atoms with van der Waals surface area (Å²) in [5.74, 6) is -0.976. The van der Waals surface area contributed by atoms with E-state index in [2.05, 4.69) is 10.3 Å². The highest BCUT2D eigenvalue weighted by Crippen LogP contribution is 2.23. The number of para-hydroxylation sites is 1. The molecule has 1 aromatic carbocycles. The lowest BCUT2D eigenvalue weighted by Gasteiger charge is -2.24. The minimum Gasteiger partial charge on any atom is -0.462 e. The summed E-state index contributed by atoms with van der Waals surface area (Å²) in [6, 6.07) is 9.51. The van der Waals surface area contributed by atoms with Crippen LogP contribution in [0.1, 0.15) is 27.6 Å². The van der Waals surface area contributed by atoms with E-state index in [1.54, 1.807) is 37.4 Å². The van der Waals surface area contributed by atoms with E-state index < -0.39 is 16.0 Å². The first-order valence-corrected chi connectivity index (χ1v) is 10.1. The Kier molecular flexibility index (Phi) is 6.89. The molecule has 1 N–H and O–H groups in total. The fourth-order valence-corrected chi connectivity index (χ4v) is 3.35. The van der Waals surface area contributed by atoms with Crippen LogP contribution < -0.4 is 9.62 Å². The molecule has 0 atom stereocenters. The highest BCUT2D eigenvalue weighted by molar-refractivity contribution is 7.92. The quantitative estimate of drug-likeness (QED) is 0.683. The van der Waals surface area contributed by atoms with E-state index in [1.165, 1.54) is 18.3 Å². The molecule has 0 fully saturated rings. The molecule has 1 amide bonds. The Labute approximate surface area is 158 Å². The summed E-state index contributed by atoms with van der Waals surface area (Å²) in [6.45, 7) is 1.86. The molecule has 27 heavy (non-hydrogen) atoms. The third-order valence-corrected chi connectivity index (χ3v) is 4.77. The fourth-order valence-electron chi connectivity index (χ4n) is 2.41. The second kappa shape index (κ2) is 9.13. The van der Waals surface area contributed by atoms with Crippen LogP contribution in [0.15, 0.2) is 48.8 Å². The first kappa shape index (κ1) is 20.4. The lowest BCUT2D eigenvalue weighted by molar-refractivity contribution is 0.0527. The lowest BCUT2D eigenvalue weighted by atomic mass is 10.2. The van der Waals surface area contributed by atoms with Crippen LogP contribution in [0.2, 0.25) is 0 Å². The van der Waals surface area contributed by atoms with Crippen LogP contribution in [0.3, 0.4) is 0 Å². The van der Waals surface area contributed by atoms with Gasteiger partial charge in [0.25, 0.3) is 5.91 Å². The molecule has 2 aromatic rings. The summed E-state index contributed by atoms with van der Waals surface area (Å²) in [5.41, 5.74) is 0.716. The number of sulfonamides is 1. The summed E-state index contributed by atoms with van der Waals surface area (Å²) in [6.07, 6.45) is 4.01. The molecule has 0 aliphatic rings. The third kappa shape index (κ3) is 5.52. The van der Waals surface area contributed by atoms with Gasteiger partial charge in [-0.3, -0.25) is 14.1 Å². The number of hydrogen-bond donors (Lipinski definition) is 1. The van der Waals surface area contributed by atoms with Crippen LogP contribution in [0, 0.1) is 0 Å². The van der Waals surface area contributed by atoms with Crippen molar-refractivity contribution in [2.45, 2.75) is 6.92 Å². The molecule has 0 aliphatic carbocycles. The van der Waals surface area contributed by atoms with E-state index >= 15 is 0 Å². The predicted octanol–water partition coefficient (Wildman–Crippen LogP) is 1.45. The Balaban J connectivity index is 2.18. The first-order chi connectivity index (χ1) is 12.8. The number of esters is 1. The van der Waals surface area contributed by atoms with Crippen molar-refractivity contribution in [1.29, 1.82) is 0 Å². The minimum absolute atomic E-state index is 0.0404. The maximum atomic E-state index is 12.3. The standard InChI is InChI=1S/C18H21N3O5S/c1-3-26-18(23)15-8-4-5-9-16(15)21(27(2,24)25)12-11-20-17(22)14-7-6-10-19-13-14/h4-10,13H,3,11-12H2,1-2H3,(H,20,22). The Morgan fingerprint density at radius 3 is 2.56 bits per heavy atom. The maximum absolute atomic E-state index is 12.3. The Morgan fingerprint density at radius 1 is 1.19 bits per heavy atom. The van der Waals surface area contributed by atoms with Gasteiger partial charge in [-0.1, -0.05) is 12.1 Å². The molecule has 0 spiro atoms. The summed E-state index contributed by atoms with van der Waals surface area (Å²) in [5, 5.41) is 2.64. The molecule has 1 aromatic heterocycles. The van der Waals surface area contributed by atoms with Gasteiger partial charge in [0.1, 0.15) is 0 Å². The van der Waals surface area contributed by atoms with E-state index in [0.717, 1.165) is 10.6 Å². The van der Waals surface area contributed by atoms with Gasteiger partial charge in [0.15, 0.2) is 0 Å². The fraction of sp³-hybridized carbons (Fsp3) is 0.278. The Morgan fingerprint density at radius 2 is 1.93 bits per heavy atom. The second-order valence-corrected chi connectivity index (χ2v) is 7.48. The Hall–Kier alpha value is -2.94. The van der Waals surface area contributed by atoms with Gasteiger partial charge in [-0.05, 0) is 31.2 Å². The second-order valence-electron chi connectivity index (χ2n) is 5.57. The molecule has 0 aliphatic heterocycles. The van der Waals surface area contributed by atoms with Gasteiger partial charge in [-0.15, -0.1) is 0 Å². The largest absolute Gasteiger partial charge is 0.462 e. The molecule has 0 saturated carbocycles. The molecule has 144 valence electrons. The van der Waals surface area contributed by atoms with Gasteiger partial charge in [-0.25, -0.2) is 13.2 Å². The molecule has 9 heteroatoms. The smallest absolute Gasteiger partial charge is 0.340 e. The molecule has 1 heterocycles. The summed E-state index contributed by atoms with van der Waals surface area (Å²) < 4.78 is 30.6. The van der Waals surface area contributed by atoms with Crippen molar-refractivity contribution in [2.24, 2.45) is 0 Å². The van der Waals surface area contributed by atoms with Crippen molar-refractivity contribution in [1.82, 2.24) is 10.3 Å². The number of hydrogen-bond acceptors (Lipinski definition) is 6. The number of amides is 1. The molecule has 0 unspecified atom stereocenters. The van der Waals surface area contributed by atoms with E-state index in [9.17, 15) is 18.0 Å². The summed E-state index contributed by atoms with van der Waals surface area (Å²) in [7, 11) is -3.69.